The molecule has 2 rings (SSSR count). The van der Waals surface area contributed by atoms with E-state index in [0.717, 1.165) is 5.56 Å². The van der Waals surface area contributed by atoms with Crippen molar-refractivity contribution in [2.45, 2.75) is 10.9 Å². The molecule has 5 nitrogen and oxygen atoms in total. The van der Waals surface area contributed by atoms with Crippen LogP contribution in [-0.4, -0.2) is 22.0 Å². The van der Waals surface area contributed by atoms with E-state index < -0.39 is 10.0 Å². The van der Waals surface area contributed by atoms with E-state index in [0.29, 0.717) is 12.2 Å². The lowest BCUT2D eigenvalue weighted by molar-refractivity contribution is 0.588. The summed E-state index contributed by atoms with van der Waals surface area (Å²) in [6.45, 7) is 0.359. The molecule has 0 aliphatic heterocycles. The number of hydrogen-bond acceptors (Lipinski definition) is 4. The third-order valence-electron chi connectivity index (χ3n) is 3.21. The fourth-order valence-electron chi connectivity index (χ4n) is 2.08. The zero-order valence-electron chi connectivity index (χ0n) is 11.8. The molecule has 0 spiro atoms. The minimum Gasteiger partial charge on any atom is -0.376 e. The van der Waals surface area contributed by atoms with E-state index in [-0.39, 0.29) is 10.9 Å². The van der Waals surface area contributed by atoms with Gasteiger partial charge in [-0.3, -0.25) is 0 Å². The summed E-state index contributed by atoms with van der Waals surface area (Å²) in [4.78, 5) is 0.210. The maximum Gasteiger partial charge on any atom is 0.242 e. The van der Waals surface area contributed by atoms with E-state index in [4.69, 9.17) is 5.73 Å². The van der Waals surface area contributed by atoms with Crippen molar-refractivity contribution in [1.29, 1.82) is 0 Å². The molecule has 0 saturated carbocycles. The van der Waals surface area contributed by atoms with Crippen LogP contribution in [0.25, 0.3) is 0 Å². The molecule has 0 aromatic heterocycles. The average Bonchev–Trinajstić information content (AvgIpc) is 2.53. The standard InChI is InChI=1S/C15H19N3O2S/c1-17-21(19,20)15-10-6-5-9-13(15)18-14(11-16)12-7-3-2-4-8-12/h2-10,14,17-18H,11,16H2,1H3. The number of nitrogens with one attached hydrogen (secondary N) is 2. The van der Waals surface area contributed by atoms with Gasteiger partial charge in [-0.1, -0.05) is 42.5 Å². The first-order valence-corrected chi connectivity index (χ1v) is 8.11. The minimum atomic E-state index is -3.52. The highest BCUT2D eigenvalue weighted by molar-refractivity contribution is 7.89. The Hall–Kier alpha value is -1.89. The van der Waals surface area contributed by atoms with Gasteiger partial charge in [-0.05, 0) is 24.7 Å². The molecule has 0 amide bonds. The van der Waals surface area contributed by atoms with Gasteiger partial charge in [-0.25, -0.2) is 13.1 Å². The van der Waals surface area contributed by atoms with Crippen molar-refractivity contribution in [2.24, 2.45) is 5.73 Å². The Morgan fingerprint density at radius 2 is 1.67 bits per heavy atom. The minimum absolute atomic E-state index is 0.153. The van der Waals surface area contributed by atoms with Gasteiger partial charge < -0.3 is 11.1 Å². The molecule has 0 bridgehead atoms. The van der Waals surface area contributed by atoms with Gasteiger partial charge in [0.2, 0.25) is 10.0 Å². The molecule has 112 valence electrons. The first-order valence-electron chi connectivity index (χ1n) is 6.62. The van der Waals surface area contributed by atoms with Crippen LogP contribution in [-0.2, 0) is 10.0 Å². The molecule has 0 heterocycles. The molecule has 0 aliphatic rings. The molecule has 1 atom stereocenters. The SMILES string of the molecule is CNS(=O)(=O)c1ccccc1NC(CN)c1ccccc1. The summed E-state index contributed by atoms with van der Waals surface area (Å²) >= 11 is 0. The second kappa shape index (κ2) is 6.71. The highest BCUT2D eigenvalue weighted by atomic mass is 32.2. The lowest BCUT2D eigenvalue weighted by atomic mass is 10.1. The number of rotatable bonds is 6. The predicted molar refractivity (Wildman–Crippen MR) is 84.5 cm³/mol. The summed E-state index contributed by atoms with van der Waals surface area (Å²) in [5.74, 6) is 0. The lowest BCUT2D eigenvalue weighted by Crippen LogP contribution is -2.24. The van der Waals surface area contributed by atoms with Gasteiger partial charge in [-0.15, -0.1) is 0 Å². The summed E-state index contributed by atoms with van der Waals surface area (Å²) in [6.07, 6.45) is 0. The van der Waals surface area contributed by atoms with Crippen molar-refractivity contribution in [3.8, 4) is 0 Å². The number of hydrogen-bond donors (Lipinski definition) is 3. The fourth-order valence-corrected chi connectivity index (χ4v) is 2.98. The second-order valence-corrected chi connectivity index (χ2v) is 6.40. The van der Waals surface area contributed by atoms with Gasteiger partial charge in [0.25, 0.3) is 0 Å². The van der Waals surface area contributed by atoms with Crippen molar-refractivity contribution < 1.29 is 8.42 Å². The van der Waals surface area contributed by atoms with Crippen LogP contribution in [0.3, 0.4) is 0 Å². The molecule has 0 saturated heterocycles. The Morgan fingerprint density at radius 1 is 1.05 bits per heavy atom. The van der Waals surface area contributed by atoms with Crippen molar-refractivity contribution in [3.63, 3.8) is 0 Å². The third kappa shape index (κ3) is 3.60. The lowest BCUT2D eigenvalue weighted by Gasteiger charge is -2.20. The summed E-state index contributed by atoms with van der Waals surface area (Å²) in [6, 6.07) is 16.3. The van der Waals surface area contributed by atoms with Gasteiger partial charge >= 0.3 is 0 Å². The van der Waals surface area contributed by atoms with E-state index >= 15 is 0 Å². The smallest absolute Gasteiger partial charge is 0.242 e. The molecule has 21 heavy (non-hydrogen) atoms. The Balaban J connectivity index is 2.35. The summed E-state index contributed by atoms with van der Waals surface area (Å²) in [7, 11) is -2.13. The van der Waals surface area contributed by atoms with Crippen LogP contribution < -0.4 is 15.8 Å². The van der Waals surface area contributed by atoms with Crippen molar-refractivity contribution >= 4 is 15.7 Å². The van der Waals surface area contributed by atoms with Gasteiger partial charge in [0.05, 0.1) is 11.7 Å². The molecule has 0 fully saturated rings. The Bertz CT molecular complexity index is 687. The van der Waals surface area contributed by atoms with E-state index in [1.165, 1.54) is 7.05 Å². The Labute approximate surface area is 125 Å². The van der Waals surface area contributed by atoms with Crippen LogP contribution in [0.4, 0.5) is 5.69 Å². The highest BCUT2D eigenvalue weighted by Gasteiger charge is 2.18. The first kappa shape index (κ1) is 15.5. The predicted octanol–water partition coefficient (Wildman–Crippen LogP) is 1.71. The van der Waals surface area contributed by atoms with Crippen LogP contribution >= 0.6 is 0 Å². The monoisotopic (exact) mass is 305 g/mol. The molecule has 4 N–H and O–H groups in total. The van der Waals surface area contributed by atoms with E-state index in [1.54, 1.807) is 24.3 Å². The van der Waals surface area contributed by atoms with Gasteiger partial charge in [0, 0.05) is 6.54 Å². The molecule has 0 aliphatic carbocycles. The van der Waals surface area contributed by atoms with Crippen LogP contribution in [0.15, 0.2) is 59.5 Å². The van der Waals surface area contributed by atoms with Crippen LogP contribution in [0, 0.1) is 0 Å². The zero-order valence-corrected chi connectivity index (χ0v) is 12.6. The van der Waals surface area contributed by atoms with Crippen LogP contribution in [0.5, 0.6) is 0 Å². The molecule has 1 unspecified atom stereocenters. The topological polar surface area (TPSA) is 84.2 Å². The maximum absolute atomic E-state index is 12.0. The van der Waals surface area contributed by atoms with Crippen molar-refractivity contribution in [1.82, 2.24) is 4.72 Å². The van der Waals surface area contributed by atoms with Crippen molar-refractivity contribution in [2.75, 3.05) is 18.9 Å². The summed E-state index contributed by atoms with van der Waals surface area (Å²) < 4.78 is 26.4. The number of para-hydroxylation sites is 1. The second-order valence-electron chi connectivity index (χ2n) is 4.55. The molecule has 2 aromatic rings. The maximum atomic E-state index is 12.0. The Kier molecular flexibility index (Phi) is 4.95. The van der Waals surface area contributed by atoms with Crippen LogP contribution in [0.2, 0.25) is 0 Å². The van der Waals surface area contributed by atoms with Gasteiger partial charge in [0.1, 0.15) is 4.90 Å². The normalized spacial score (nSPS) is 12.9. The molecule has 6 heteroatoms. The number of benzene rings is 2. The first-order chi connectivity index (χ1) is 10.1. The fraction of sp³-hybridized carbons (Fsp3) is 0.200. The third-order valence-corrected chi connectivity index (χ3v) is 4.69. The van der Waals surface area contributed by atoms with Crippen molar-refractivity contribution in [3.05, 3.63) is 60.2 Å². The van der Waals surface area contributed by atoms with E-state index in [2.05, 4.69) is 10.0 Å². The summed E-state index contributed by atoms with van der Waals surface area (Å²) in [5, 5.41) is 3.21. The van der Waals surface area contributed by atoms with Gasteiger partial charge in [0.15, 0.2) is 0 Å². The van der Waals surface area contributed by atoms with E-state index in [1.807, 2.05) is 30.3 Å². The molecular weight excluding hydrogens is 286 g/mol. The number of sulfonamides is 1. The summed E-state index contributed by atoms with van der Waals surface area (Å²) in [5.41, 5.74) is 7.36. The average molecular weight is 305 g/mol. The molecule has 2 aromatic carbocycles. The van der Waals surface area contributed by atoms with E-state index in [9.17, 15) is 8.42 Å². The molecule has 0 radical (unpaired) electrons. The number of anilines is 1. The largest absolute Gasteiger partial charge is 0.376 e. The number of nitrogens with two attached hydrogens (primary N) is 1. The zero-order chi connectivity index (χ0) is 15.3. The van der Waals surface area contributed by atoms with Gasteiger partial charge in [-0.2, -0.15) is 0 Å². The highest BCUT2D eigenvalue weighted by Crippen LogP contribution is 2.25. The quantitative estimate of drug-likeness (QED) is 0.758. The molecular formula is C15H19N3O2S. The van der Waals surface area contributed by atoms with Crippen LogP contribution in [0.1, 0.15) is 11.6 Å². The Morgan fingerprint density at radius 3 is 2.29 bits per heavy atom.